The fraction of sp³-hybridized carbons (Fsp3) is 0.375. The zero-order chi connectivity index (χ0) is 25.0. The average Bonchev–Trinajstić information content (AvgIpc) is 2.80. The van der Waals surface area contributed by atoms with Crippen LogP contribution in [0.2, 0.25) is 0 Å². The number of allylic oxidation sites excluding steroid dienone is 1. The number of carbonyl (C=O) groups is 1. The van der Waals surface area contributed by atoms with Gasteiger partial charge in [0.2, 0.25) is 11.8 Å². The Morgan fingerprint density at radius 3 is 2.76 bits per heavy atom. The van der Waals surface area contributed by atoms with Crippen LogP contribution in [0.25, 0.3) is 5.57 Å². The molecule has 2 heterocycles. The Bertz CT molecular complexity index is 1180. The molecule has 182 valence electrons. The van der Waals surface area contributed by atoms with Gasteiger partial charge in [-0.05, 0) is 26.8 Å². The smallest absolute Gasteiger partial charge is 0.231 e. The van der Waals surface area contributed by atoms with E-state index in [1.807, 2.05) is 13.8 Å². The second-order valence-electron chi connectivity index (χ2n) is 8.38. The highest BCUT2D eigenvalue weighted by atomic mass is 19.1. The maximum absolute atomic E-state index is 13.9. The number of hydrogen-bond donors (Lipinski definition) is 3. The number of halogens is 2. The zero-order valence-corrected chi connectivity index (χ0v) is 19.3. The molecule has 2 aromatic rings. The molecule has 1 unspecified atom stereocenters. The fourth-order valence-electron chi connectivity index (χ4n) is 4.03. The van der Waals surface area contributed by atoms with E-state index in [0.29, 0.717) is 17.9 Å². The summed E-state index contributed by atoms with van der Waals surface area (Å²) < 4.78 is 34.6. The van der Waals surface area contributed by atoms with Gasteiger partial charge in [-0.15, -0.1) is 0 Å². The Kier molecular flexibility index (Phi) is 7.83. The minimum atomic E-state index is -0.719. The van der Waals surface area contributed by atoms with Gasteiger partial charge in [-0.1, -0.05) is 6.07 Å². The maximum Gasteiger partial charge on any atom is 0.231 e. The summed E-state index contributed by atoms with van der Waals surface area (Å²) >= 11 is 0. The largest absolute Gasteiger partial charge is 0.503 e. The van der Waals surface area contributed by atoms with E-state index in [2.05, 4.69) is 5.32 Å². The van der Waals surface area contributed by atoms with E-state index >= 15 is 0 Å². The van der Waals surface area contributed by atoms with Crippen molar-refractivity contribution in [3.05, 3.63) is 68.8 Å². The summed E-state index contributed by atoms with van der Waals surface area (Å²) in [6, 6.07) is 2.81. The van der Waals surface area contributed by atoms with Crippen molar-refractivity contribution in [1.29, 1.82) is 5.41 Å². The molecule has 0 spiro atoms. The number of ether oxygens (including phenoxy) is 1. The number of amides is 1. The van der Waals surface area contributed by atoms with Crippen molar-refractivity contribution < 1.29 is 23.4 Å². The molecule has 0 saturated carbocycles. The first kappa shape index (κ1) is 25.1. The van der Waals surface area contributed by atoms with Crippen LogP contribution < -0.4 is 10.7 Å². The Morgan fingerprint density at radius 1 is 1.41 bits per heavy atom. The molecular formula is C24H28F2N4O4. The molecule has 1 aromatic heterocycles. The molecule has 0 aliphatic carbocycles. The van der Waals surface area contributed by atoms with E-state index in [4.69, 9.17) is 10.1 Å². The van der Waals surface area contributed by atoms with E-state index in [1.165, 1.54) is 12.3 Å². The van der Waals surface area contributed by atoms with Crippen LogP contribution in [0, 0.1) is 24.0 Å². The van der Waals surface area contributed by atoms with E-state index in [0.717, 1.165) is 24.8 Å². The number of rotatable bonds is 9. The molecule has 3 N–H and O–H groups in total. The molecule has 8 nitrogen and oxygen atoms in total. The van der Waals surface area contributed by atoms with E-state index in [1.54, 1.807) is 16.4 Å². The Morgan fingerprint density at radius 2 is 2.15 bits per heavy atom. The number of fused-ring (bicyclic) bond motifs is 1. The highest BCUT2D eigenvalue weighted by Crippen LogP contribution is 2.30. The fourth-order valence-corrected chi connectivity index (χ4v) is 4.03. The summed E-state index contributed by atoms with van der Waals surface area (Å²) in [5.74, 6) is -1.86. The predicted molar refractivity (Wildman–Crippen MR) is 124 cm³/mol. The molecule has 3 rings (SSSR count). The predicted octanol–water partition coefficient (Wildman–Crippen LogP) is 2.86. The van der Waals surface area contributed by atoms with Gasteiger partial charge in [0.15, 0.2) is 5.75 Å². The van der Waals surface area contributed by atoms with Crippen LogP contribution in [0.5, 0.6) is 5.75 Å². The highest BCUT2D eigenvalue weighted by molar-refractivity contribution is 6.08. The number of hydrogen-bond acceptors (Lipinski definition) is 6. The first-order valence-electron chi connectivity index (χ1n) is 10.8. The highest BCUT2D eigenvalue weighted by Gasteiger charge is 2.30. The topological polar surface area (TPSA) is 108 Å². The van der Waals surface area contributed by atoms with E-state index in [9.17, 15) is 23.5 Å². The Hall–Kier alpha value is -3.53. The molecule has 1 amide bonds. The van der Waals surface area contributed by atoms with Crippen LogP contribution in [0.15, 0.2) is 29.2 Å². The van der Waals surface area contributed by atoms with Gasteiger partial charge in [0.05, 0.1) is 36.2 Å². The lowest BCUT2D eigenvalue weighted by Crippen LogP contribution is -2.41. The number of aromatic nitrogens is 1. The molecule has 34 heavy (non-hydrogen) atoms. The second kappa shape index (κ2) is 10.6. The summed E-state index contributed by atoms with van der Waals surface area (Å²) in [4.78, 5) is 26.1. The normalized spacial score (nSPS) is 15.7. The van der Waals surface area contributed by atoms with Crippen molar-refractivity contribution in [2.45, 2.75) is 46.0 Å². The molecular weight excluding hydrogens is 446 g/mol. The van der Waals surface area contributed by atoms with Crippen molar-refractivity contribution in [2.24, 2.45) is 0 Å². The lowest BCUT2D eigenvalue weighted by molar-refractivity contribution is -0.120. The number of pyridine rings is 1. The minimum Gasteiger partial charge on any atom is -0.503 e. The van der Waals surface area contributed by atoms with Crippen molar-refractivity contribution in [2.75, 3.05) is 13.2 Å². The third kappa shape index (κ3) is 5.01. The van der Waals surface area contributed by atoms with Crippen molar-refractivity contribution in [3.63, 3.8) is 0 Å². The summed E-state index contributed by atoms with van der Waals surface area (Å²) in [7, 11) is 0. The van der Waals surface area contributed by atoms with Crippen LogP contribution in [0.4, 0.5) is 8.78 Å². The molecule has 1 aliphatic rings. The third-order valence-electron chi connectivity index (χ3n) is 5.87. The van der Waals surface area contributed by atoms with Crippen LogP contribution in [0.3, 0.4) is 0 Å². The van der Waals surface area contributed by atoms with Crippen LogP contribution in [0.1, 0.15) is 42.4 Å². The van der Waals surface area contributed by atoms with Gasteiger partial charge in [0.25, 0.3) is 0 Å². The molecule has 0 radical (unpaired) electrons. The first-order chi connectivity index (χ1) is 16.2. The summed E-state index contributed by atoms with van der Waals surface area (Å²) in [6.45, 7) is 6.03. The van der Waals surface area contributed by atoms with Gasteiger partial charge in [-0.2, -0.15) is 0 Å². The van der Waals surface area contributed by atoms with Crippen LogP contribution in [-0.4, -0.2) is 46.4 Å². The van der Waals surface area contributed by atoms with Gasteiger partial charge in [0.1, 0.15) is 11.6 Å². The van der Waals surface area contributed by atoms with Crippen LogP contribution in [-0.2, 0) is 22.7 Å². The van der Waals surface area contributed by atoms with Crippen molar-refractivity contribution in [3.8, 4) is 5.75 Å². The molecule has 1 atom stereocenters. The second-order valence-corrected chi connectivity index (χ2v) is 8.38. The Labute approximate surface area is 196 Å². The average molecular weight is 475 g/mol. The SMILES string of the molecule is Cc1c(O)c(=O)c(/C(C=N)=C/NCc2ccc(F)cc2F)c2n1C(CN(C=O)C(C)C)COC2. The zero-order valence-electron chi connectivity index (χ0n) is 19.3. The molecule has 0 fully saturated rings. The van der Waals surface area contributed by atoms with Gasteiger partial charge in [0, 0.05) is 48.7 Å². The van der Waals surface area contributed by atoms with Gasteiger partial charge in [-0.25, -0.2) is 8.78 Å². The number of aromatic hydroxyl groups is 1. The molecule has 10 heteroatoms. The van der Waals surface area contributed by atoms with Gasteiger partial charge >= 0.3 is 0 Å². The first-order valence-corrected chi connectivity index (χ1v) is 10.8. The molecule has 0 saturated heterocycles. The lowest BCUT2D eigenvalue weighted by atomic mass is 10.0. The van der Waals surface area contributed by atoms with E-state index < -0.39 is 22.8 Å². The third-order valence-corrected chi connectivity index (χ3v) is 5.87. The molecule has 1 aliphatic heterocycles. The maximum atomic E-state index is 13.9. The Balaban J connectivity index is 2.01. The lowest BCUT2D eigenvalue weighted by Gasteiger charge is -2.35. The van der Waals surface area contributed by atoms with Crippen LogP contribution >= 0.6 is 0 Å². The minimum absolute atomic E-state index is 0.00731. The monoisotopic (exact) mass is 474 g/mol. The number of nitrogens with one attached hydrogen (secondary N) is 2. The molecule has 1 aromatic carbocycles. The van der Waals surface area contributed by atoms with E-state index in [-0.39, 0.29) is 48.5 Å². The van der Waals surface area contributed by atoms with Crippen molar-refractivity contribution in [1.82, 2.24) is 14.8 Å². The van der Waals surface area contributed by atoms with Gasteiger partial charge < -0.3 is 30.0 Å². The van der Waals surface area contributed by atoms with Gasteiger partial charge in [-0.3, -0.25) is 9.59 Å². The quantitative estimate of drug-likeness (QED) is 0.383. The number of nitrogens with zero attached hydrogens (tertiary/aromatic N) is 2. The van der Waals surface area contributed by atoms with Crippen molar-refractivity contribution >= 4 is 18.2 Å². The summed E-state index contributed by atoms with van der Waals surface area (Å²) in [5.41, 5.74) is 0.601. The molecule has 0 bridgehead atoms. The number of benzene rings is 1. The standard InChI is InChI=1S/C24H28F2N4O4/c1-14(2)29(13-31)10-19-11-34-12-21-22(24(33)23(32)15(3)30(19)21)17(7-27)9-28-8-16-4-5-18(25)6-20(16)26/h4-7,9,13-14,19,27-28,32H,8,10-12H2,1-3H3/b17-9+,27-7?. The number of carbonyl (C=O) groups excluding carboxylic acids is 1. The summed E-state index contributed by atoms with van der Waals surface area (Å²) in [6.07, 6.45) is 3.08. The summed E-state index contributed by atoms with van der Waals surface area (Å²) in [5, 5.41) is 21.3.